The first-order valence-corrected chi connectivity index (χ1v) is 7.89. The first kappa shape index (κ1) is 14.0. The Morgan fingerprint density at radius 2 is 2.16 bits per heavy atom. The Bertz CT molecular complexity index is 575. The molecule has 1 fully saturated rings. The van der Waals surface area contributed by atoms with Gasteiger partial charge < -0.3 is 4.90 Å². The number of amides is 1. The van der Waals surface area contributed by atoms with Gasteiger partial charge in [0.25, 0.3) is 5.16 Å². The maximum absolute atomic E-state index is 12.2. The van der Waals surface area contributed by atoms with Crippen molar-refractivity contribution in [2.45, 2.75) is 50.1 Å². The van der Waals surface area contributed by atoms with Crippen molar-refractivity contribution in [1.29, 1.82) is 0 Å². The van der Waals surface area contributed by atoms with E-state index < -0.39 is 15.1 Å². The van der Waals surface area contributed by atoms with E-state index in [0.29, 0.717) is 6.54 Å². The Morgan fingerprint density at radius 1 is 1.53 bits per heavy atom. The molecule has 1 aliphatic rings. The van der Waals surface area contributed by atoms with Crippen molar-refractivity contribution in [2.24, 2.45) is 0 Å². The molecule has 0 saturated heterocycles. The molecule has 1 amide bonds. The fourth-order valence-electron chi connectivity index (χ4n) is 1.75. The number of carbonyl (C=O) groups is 1. The Balaban J connectivity index is 2.24. The number of sulfone groups is 1. The van der Waals surface area contributed by atoms with E-state index in [4.69, 9.17) is 0 Å². The fourth-order valence-corrected chi connectivity index (χ4v) is 2.57. The van der Waals surface area contributed by atoms with Crippen LogP contribution in [0, 0.1) is 0 Å². The fraction of sp³-hybridized carbons (Fsp3) is 0.727. The summed E-state index contributed by atoms with van der Waals surface area (Å²) in [5.74, 6) is 0. The Kier molecular flexibility index (Phi) is 3.62. The highest BCUT2D eigenvalue weighted by Gasteiger charge is 2.33. The van der Waals surface area contributed by atoms with E-state index in [2.05, 4.69) is 10.1 Å². The lowest BCUT2D eigenvalue weighted by Gasteiger charge is -2.18. The van der Waals surface area contributed by atoms with Crippen molar-refractivity contribution in [3.63, 3.8) is 0 Å². The van der Waals surface area contributed by atoms with Crippen molar-refractivity contribution in [3.05, 3.63) is 6.33 Å². The lowest BCUT2D eigenvalue weighted by Crippen LogP contribution is -2.36. The number of aromatic nitrogens is 3. The van der Waals surface area contributed by atoms with E-state index in [1.807, 2.05) is 6.92 Å². The van der Waals surface area contributed by atoms with Crippen molar-refractivity contribution in [2.75, 3.05) is 6.54 Å². The normalized spacial score (nSPS) is 15.8. The summed E-state index contributed by atoms with van der Waals surface area (Å²) in [6.45, 7) is 5.58. The number of rotatable bonds is 4. The molecular formula is C11H18N4O3S. The van der Waals surface area contributed by atoms with E-state index in [0.717, 1.165) is 17.5 Å². The van der Waals surface area contributed by atoms with Crippen LogP contribution in [-0.2, 0) is 9.84 Å². The van der Waals surface area contributed by atoms with Gasteiger partial charge in [-0.05, 0) is 33.6 Å². The van der Waals surface area contributed by atoms with Gasteiger partial charge in [-0.25, -0.2) is 18.2 Å². The molecular weight excluding hydrogens is 268 g/mol. The van der Waals surface area contributed by atoms with Crippen molar-refractivity contribution in [1.82, 2.24) is 19.7 Å². The van der Waals surface area contributed by atoms with Gasteiger partial charge in [-0.2, -0.15) is 4.68 Å². The zero-order chi connectivity index (χ0) is 14.2. The Labute approximate surface area is 112 Å². The monoisotopic (exact) mass is 286 g/mol. The van der Waals surface area contributed by atoms with Crippen LogP contribution in [0.5, 0.6) is 0 Å². The van der Waals surface area contributed by atoms with Crippen molar-refractivity contribution < 1.29 is 13.2 Å². The lowest BCUT2D eigenvalue weighted by atomic mass is 10.5. The summed E-state index contributed by atoms with van der Waals surface area (Å²) in [4.78, 5) is 17.6. The van der Waals surface area contributed by atoms with Gasteiger partial charge in [-0.15, -0.1) is 5.10 Å². The highest BCUT2D eigenvalue weighted by atomic mass is 32.2. The van der Waals surface area contributed by atoms with Gasteiger partial charge in [0.15, 0.2) is 0 Å². The third-order valence-electron chi connectivity index (χ3n) is 3.12. The van der Waals surface area contributed by atoms with Gasteiger partial charge in [-0.3, -0.25) is 0 Å². The number of hydrogen-bond acceptors (Lipinski definition) is 5. The molecule has 106 valence electrons. The van der Waals surface area contributed by atoms with Gasteiger partial charge in [-0.1, -0.05) is 0 Å². The van der Waals surface area contributed by atoms with Crippen LogP contribution in [0.3, 0.4) is 0 Å². The maximum atomic E-state index is 12.2. The third kappa shape index (κ3) is 2.63. The minimum absolute atomic E-state index is 0.256. The van der Waals surface area contributed by atoms with Crippen LogP contribution in [0.25, 0.3) is 0 Å². The average Bonchev–Trinajstić information content (AvgIpc) is 3.05. The molecule has 0 spiro atoms. The standard InChI is InChI=1S/C11H18N4O3S/c1-4-14(9-5-6-9)11(16)15-7-12-10(13-15)19(17,18)8(2)3/h7-9H,4-6H2,1-3H3. The summed E-state index contributed by atoms with van der Waals surface area (Å²) in [7, 11) is -3.54. The minimum atomic E-state index is -3.54. The van der Waals surface area contributed by atoms with Gasteiger partial charge >= 0.3 is 6.03 Å². The Morgan fingerprint density at radius 3 is 2.63 bits per heavy atom. The molecule has 0 atom stereocenters. The molecule has 2 rings (SSSR count). The molecule has 0 radical (unpaired) electrons. The van der Waals surface area contributed by atoms with Crippen LogP contribution in [0.1, 0.15) is 33.6 Å². The molecule has 1 aromatic heterocycles. The average molecular weight is 286 g/mol. The largest absolute Gasteiger partial charge is 0.346 e. The molecule has 0 N–H and O–H groups in total. The van der Waals surface area contributed by atoms with Gasteiger partial charge in [0, 0.05) is 12.6 Å². The molecule has 7 nitrogen and oxygen atoms in total. The number of nitrogens with zero attached hydrogens (tertiary/aromatic N) is 4. The topological polar surface area (TPSA) is 85.2 Å². The summed E-state index contributed by atoms with van der Waals surface area (Å²) in [5.41, 5.74) is 0. The first-order valence-electron chi connectivity index (χ1n) is 6.34. The maximum Gasteiger partial charge on any atom is 0.346 e. The van der Waals surface area contributed by atoms with Crippen LogP contribution >= 0.6 is 0 Å². The van der Waals surface area contributed by atoms with Crippen LogP contribution in [0.2, 0.25) is 0 Å². The summed E-state index contributed by atoms with van der Waals surface area (Å²) >= 11 is 0. The summed E-state index contributed by atoms with van der Waals surface area (Å²) in [5, 5.41) is 2.91. The van der Waals surface area contributed by atoms with E-state index in [1.165, 1.54) is 6.33 Å². The van der Waals surface area contributed by atoms with E-state index >= 15 is 0 Å². The summed E-state index contributed by atoms with van der Waals surface area (Å²) in [6, 6.07) is -0.0606. The van der Waals surface area contributed by atoms with Crippen LogP contribution < -0.4 is 0 Å². The van der Waals surface area contributed by atoms with Crippen LogP contribution in [-0.4, -0.2) is 51.9 Å². The molecule has 1 heterocycles. The summed E-state index contributed by atoms with van der Waals surface area (Å²) in [6.07, 6.45) is 3.15. The molecule has 1 aromatic rings. The third-order valence-corrected chi connectivity index (χ3v) is 5.05. The second-order valence-electron chi connectivity index (χ2n) is 4.87. The van der Waals surface area contributed by atoms with Gasteiger partial charge in [0.05, 0.1) is 5.25 Å². The second kappa shape index (κ2) is 4.92. The van der Waals surface area contributed by atoms with Crippen LogP contribution in [0.4, 0.5) is 4.79 Å². The Hall–Kier alpha value is -1.44. The molecule has 19 heavy (non-hydrogen) atoms. The van der Waals surface area contributed by atoms with E-state index in [-0.39, 0.29) is 17.2 Å². The lowest BCUT2D eigenvalue weighted by molar-refractivity contribution is 0.196. The zero-order valence-electron chi connectivity index (χ0n) is 11.3. The number of carbonyl (C=O) groups excluding carboxylic acids is 1. The molecule has 0 aliphatic heterocycles. The van der Waals surface area contributed by atoms with E-state index in [9.17, 15) is 13.2 Å². The van der Waals surface area contributed by atoms with Crippen LogP contribution in [0.15, 0.2) is 11.5 Å². The van der Waals surface area contributed by atoms with Crippen molar-refractivity contribution in [3.8, 4) is 0 Å². The summed E-state index contributed by atoms with van der Waals surface area (Å²) < 4.78 is 24.8. The molecule has 0 bridgehead atoms. The molecule has 1 aliphatic carbocycles. The zero-order valence-corrected chi connectivity index (χ0v) is 12.1. The van der Waals surface area contributed by atoms with Gasteiger partial charge in [0.2, 0.25) is 9.84 Å². The molecule has 0 unspecified atom stereocenters. The first-order chi connectivity index (χ1) is 8.87. The smallest absolute Gasteiger partial charge is 0.320 e. The second-order valence-corrected chi connectivity index (χ2v) is 7.26. The molecule has 1 saturated carbocycles. The quantitative estimate of drug-likeness (QED) is 0.821. The van der Waals surface area contributed by atoms with E-state index in [1.54, 1.807) is 18.7 Å². The van der Waals surface area contributed by atoms with Crippen molar-refractivity contribution >= 4 is 15.9 Å². The predicted octanol–water partition coefficient (Wildman–Crippen LogP) is 0.913. The highest BCUT2D eigenvalue weighted by Crippen LogP contribution is 2.27. The molecule has 8 heteroatoms. The molecule has 0 aromatic carbocycles. The minimum Gasteiger partial charge on any atom is -0.320 e. The number of hydrogen-bond donors (Lipinski definition) is 0. The highest BCUT2D eigenvalue weighted by molar-refractivity contribution is 7.91. The van der Waals surface area contributed by atoms with Gasteiger partial charge in [0.1, 0.15) is 6.33 Å². The SMILES string of the molecule is CCN(C(=O)n1cnc(S(=O)(=O)C(C)C)n1)C1CC1. The predicted molar refractivity (Wildman–Crippen MR) is 68.5 cm³/mol.